The van der Waals surface area contributed by atoms with E-state index in [9.17, 15) is 5.11 Å². The van der Waals surface area contributed by atoms with E-state index in [0.29, 0.717) is 6.61 Å². The van der Waals surface area contributed by atoms with E-state index >= 15 is 0 Å². The summed E-state index contributed by atoms with van der Waals surface area (Å²) in [6.07, 6.45) is 0.940. The summed E-state index contributed by atoms with van der Waals surface area (Å²) >= 11 is 0. The lowest BCUT2D eigenvalue weighted by molar-refractivity contribution is -0.0442. The quantitative estimate of drug-likeness (QED) is 0.693. The van der Waals surface area contributed by atoms with Gasteiger partial charge in [-0.2, -0.15) is 0 Å². The van der Waals surface area contributed by atoms with Crippen LogP contribution in [0.1, 0.15) is 18.9 Å². The molecule has 1 aromatic carbocycles. The first kappa shape index (κ1) is 12.2. The van der Waals surface area contributed by atoms with Crippen molar-refractivity contribution in [1.82, 2.24) is 0 Å². The molecule has 1 atom stereocenters. The van der Waals surface area contributed by atoms with Crippen molar-refractivity contribution < 1.29 is 9.84 Å². The lowest BCUT2D eigenvalue weighted by Crippen LogP contribution is -2.39. The van der Waals surface area contributed by atoms with Crippen LogP contribution in [0.5, 0.6) is 0 Å². The Labute approximate surface area is 90.9 Å². The molecule has 1 unspecified atom stereocenters. The van der Waals surface area contributed by atoms with Crippen LogP contribution in [0.25, 0.3) is 0 Å². The predicted molar refractivity (Wildman–Crippen MR) is 60.5 cm³/mol. The van der Waals surface area contributed by atoms with Crippen LogP contribution >= 0.6 is 0 Å². The molecule has 84 valence electrons. The fourth-order valence-electron chi connectivity index (χ4n) is 1.39. The number of ether oxygens (including phenoxy) is 1. The molecule has 0 fully saturated rings. The van der Waals surface area contributed by atoms with Crippen LogP contribution in [-0.4, -0.2) is 24.9 Å². The molecule has 0 saturated carbocycles. The van der Waals surface area contributed by atoms with Gasteiger partial charge in [-0.25, -0.2) is 0 Å². The molecule has 0 heterocycles. The normalized spacial score (nSPS) is 14.9. The SMILES string of the molecule is CCCOCC(O)(CN)c1ccccc1. The number of nitrogens with two attached hydrogens (primary N) is 1. The molecule has 0 bridgehead atoms. The summed E-state index contributed by atoms with van der Waals surface area (Å²) < 4.78 is 5.36. The standard InChI is InChI=1S/C12H19NO2/c1-2-8-15-10-12(14,9-13)11-6-4-3-5-7-11/h3-7,14H,2,8-10,13H2,1H3. The Morgan fingerprint density at radius 1 is 1.33 bits per heavy atom. The first-order valence-electron chi connectivity index (χ1n) is 5.28. The third-order valence-electron chi connectivity index (χ3n) is 2.34. The second kappa shape index (κ2) is 5.85. The summed E-state index contributed by atoms with van der Waals surface area (Å²) in [5, 5.41) is 10.3. The van der Waals surface area contributed by atoms with Gasteiger partial charge in [-0.3, -0.25) is 0 Å². The molecule has 0 spiro atoms. The highest BCUT2D eigenvalue weighted by molar-refractivity contribution is 5.22. The van der Waals surface area contributed by atoms with Crippen LogP contribution in [0.3, 0.4) is 0 Å². The van der Waals surface area contributed by atoms with Crippen LogP contribution in [0, 0.1) is 0 Å². The molecule has 0 aromatic heterocycles. The number of benzene rings is 1. The number of rotatable bonds is 6. The second-order valence-electron chi connectivity index (χ2n) is 3.65. The Bertz CT molecular complexity index is 276. The van der Waals surface area contributed by atoms with Crippen molar-refractivity contribution in [3.8, 4) is 0 Å². The molecule has 0 aliphatic heterocycles. The van der Waals surface area contributed by atoms with E-state index in [1.807, 2.05) is 37.3 Å². The Kier molecular flexibility index (Phi) is 4.75. The first-order valence-corrected chi connectivity index (χ1v) is 5.28. The minimum absolute atomic E-state index is 0.167. The summed E-state index contributed by atoms with van der Waals surface area (Å²) in [5.74, 6) is 0. The molecule has 0 amide bonds. The molecule has 1 aromatic rings. The number of aliphatic hydroxyl groups is 1. The number of hydrogen-bond donors (Lipinski definition) is 2. The van der Waals surface area contributed by atoms with Crippen LogP contribution in [-0.2, 0) is 10.3 Å². The van der Waals surface area contributed by atoms with Crippen molar-refractivity contribution >= 4 is 0 Å². The summed E-state index contributed by atoms with van der Waals surface area (Å²) in [7, 11) is 0. The highest BCUT2D eigenvalue weighted by Crippen LogP contribution is 2.19. The van der Waals surface area contributed by atoms with E-state index in [1.54, 1.807) is 0 Å². The molecule has 0 radical (unpaired) electrons. The van der Waals surface area contributed by atoms with Crippen LogP contribution in [0.4, 0.5) is 0 Å². The zero-order valence-electron chi connectivity index (χ0n) is 9.15. The summed E-state index contributed by atoms with van der Waals surface area (Å²) in [6, 6.07) is 9.41. The van der Waals surface area contributed by atoms with E-state index in [1.165, 1.54) is 0 Å². The Morgan fingerprint density at radius 3 is 2.53 bits per heavy atom. The van der Waals surface area contributed by atoms with Crippen LogP contribution in [0.15, 0.2) is 30.3 Å². The van der Waals surface area contributed by atoms with Gasteiger partial charge in [0.25, 0.3) is 0 Å². The predicted octanol–water partition coefficient (Wildman–Crippen LogP) is 1.26. The molecular weight excluding hydrogens is 190 g/mol. The van der Waals surface area contributed by atoms with Crippen molar-refractivity contribution in [1.29, 1.82) is 0 Å². The third kappa shape index (κ3) is 3.30. The Hall–Kier alpha value is -0.900. The van der Waals surface area contributed by atoms with Crippen LogP contribution < -0.4 is 5.73 Å². The largest absolute Gasteiger partial charge is 0.381 e. The minimum atomic E-state index is -1.06. The van der Waals surface area contributed by atoms with Crippen molar-refractivity contribution in [2.75, 3.05) is 19.8 Å². The smallest absolute Gasteiger partial charge is 0.125 e. The molecule has 3 heteroatoms. The molecule has 3 N–H and O–H groups in total. The monoisotopic (exact) mass is 209 g/mol. The zero-order valence-corrected chi connectivity index (χ0v) is 9.15. The van der Waals surface area contributed by atoms with E-state index in [0.717, 1.165) is 12.0 Å². The maximum Gasteiger partial charge on any atom is 0.125 e. The molecule has 0 saturated heterocycles. The summed E-state index contributed by atoms with van der Waals surface area (Å²) in [6.45, 7) is 3.10. The lowest BCUT2D eigenvalue weighted by atomic mass is 9.95. The molecule has 0 aliphatic carbocycles. The molecule has 1 rings (SSSR count). The van der Waals surface area contributed by atoms with Gasteiger partial charge >= 0.3 is 0 Å². The Morgan fingerprint density at radius 2 is 2.00 bits per heavy atom. The van der Waals surface area contributed by atoms with Gasteiger partial charge in [0.2, 0.25) is 0 Å². The number of hydrogen-bond acceptors (Lipinski definition) is 3. The fraction of sp³-hybridized carbons (Fsp3) is 0.500. The van der Waals surface area contributed by atoms with Gasteiger partial charge in [-0.05, 0) is 12.0 Å². The minimum Gasteiger partial charge on any atom is -0.381 e. The van der Waals surface area contributed by atoms with Gasteiger partial charge in [-0.15, -0.1) is 0 Å². The highest BCUT2D eigenvalue weighted by Gasteiger charge is 2.27. The van der Waals surface area contributed by atoms with Gasteiger partial charge < -0.3 is 15.6 Å². The first-order chi connectivity index (χ1) is 7.23. The van der Waals surface area contributed by atoms with Gasteiger partial charge in [0.15, 0.2) is 0 Å². The lowest BCUT2D eigenvalue weighted by Gasteiger charge is -2.26. The van der Waals surface area contributed by atoms with Gasteiger partial charge in [-0.1, -0.05) is 37.3 Å². The van der Waals surface area contributed by atoms with E-state index in [2.05, 4.69) is 0 Å². The summed E-state index contributed by atoms with van der Waals surface area (Å²) in [5.41, 5.74) is 5.34. The van der Waals surface area contributed by atoms with E-state index < -0.39 is 5.60 Å². The van der Waals surface area contributed by atoms with Crippen molar-refractivity contribution in [3.05, 3.63) is 35.9 Å². The topological polar surface area (TPSA) is 55.5 Å². The van der Waals surface area contributed by atoms with E-state index in [-0.39, 0.29) is 13.2 Å². The Balaban J connectivity index is 2.67. The maximum atomic E-state index is 10.3. The van der Waals surface area contributed by atoms with Crippen molar-refractivity contribution in [2.45, 2.75) is 18.9 Å². The highest BCUT2D eigenvalue weighted by atomic mass is 16.5. The van der Waals surface area contributed by atoms with Crippen LogP contribution in [0.2, 0.25) is 0 Å². The molecular formula is C12H19NO2. The van der Waals surface area contributed by atoms with Crippen molar-refractivity contribution in [3.63, 3.8) is 0 Å². The summed E-state index contributed by atoms with van der Waals surface area (Å²) in [4.78, 5) is 0. The van der Waals surface area contributed by atoms with E-state index in [4.69, 9.17) is 10.5 Å². The van der Waals surface area contributed by atoms with Gasteiger partial charge in [0.05, 0.1) is 6.61 Å². The van der Waals surface area contributed by atoms with Gasteiger partial charge in [0.1, 0.15) is 5.60 Å². The average molecular weight is 209 g/mol. The fourth-order valence-corrected chi connectivity index (χ4v) is 1.39. The molecule has 0 aliphatic rings. The molecule has 15 heavy (non-hydrogen) atoms. The van der Waals surface area contributed by atoms with Gasteiger partial charge in [0, 0.05) is 13.2 Å². The maximum absolute atomic E-state index is 10.3. The molecule has 3 nitrogen and oxygen atoms in total. The van der Waals surface area contributed by atoms with Crippen molar-refractivity contribution in [2.24, 2.45) is 5.73 Å². The third-order valence-corrected chi connectivity index (χ3v) is 2.34. The average Bonchev–Trinajstić information content (AvgIpc) is 2.30. The zero-order chi connectivity index (χ0) is 11.1. The second-order valence-corrected chi connectivity index (χ2v) is 3.65.